The molecule has 9 nitrogen and oxygen atoms in total. The summed E-state index contributed by atoms with van der Waals surface area (Å²) < 4.78 is 374. The lowest BCUT2D eigenvalue weighted by molar-refractivity contribution is 0.487. The quantitative estimate of drug-likeness (QED) is 0.0829. The van der Waals surface area contributed by atoms with Crippen LogP contribution >= 0.6 is 22.7 Å². The van der Waals surface area contributed by atoms with Gasteiger partial charge in [0.05, 0.1) is 22.7 Å². The minimum atomic E-state index is -1.69. The van der Waals surface area contributed by atoms with Gasteiger partial charge in [-0.1, -0.05) is 126 Å². The third-order valence-electron chi connectivity index (χ3n) is 28.1. The number of ether oxygens (including phenoxy) is 2. The van der Waals surface area contributed by atoms with Crippen molar-refractivity contribution in [3.05, 3.63) is 407 Å². The highest BCUT2D eigenvalue weighted by Crippen LogP contribution is 2.59. The number of benzene rings is 17. The first kappa shape index (κ1) is 92.8. The molecule has 2 aromatic heterocycles. The van der Waals surface area contributed by atoms with E-state index in [0.717, 1.165) is 243 Å². The van der Waals surface area contributed by atoms with Crippen molar-refractivity contribution in [1.29, 1.82) is 0 Å². The molecule has 6 aliphatic heterocycles. The first-order valence-electron chi connectivity index (χ1n) is 46.4. The van der Waals surface area contributed by atoms with Crippen molar-refractivity contribution in [2.75, 3.05) is 34.3 Å². The van der Waals surface area contributed by atoms with Gasteiger partial charge in [-0.3, -0.25) is 14.7 Å². The van der Waals surface area contributed by atoms with E-state index >= 15 is 87.8 Å². The van der Waals surface area contributed by atoms with Crippen molar-refractivity contribution in [2.45, 2.75) is 52.4 Å². The van der Waals surface area contributed by atoms with Crippen molar-refractivity contribution < 1.29 is 97.3 Å². The summed E-state index contributed by atoms with van der Waals surface area (Å²) in [5.74, 6) is -28.8. The minimum Gasteiger partial charge on any atom is -0.458 e. The van der Waals surface area contributed by atoms with Gasteiger partial charge in [-0.2, -0.15) is 0 Å². The van der Waals surface area contributed by atoms with Crippen LogP contribution in [-0.2, 0) is 10.8 Å². The fourth-order valence-electron chi connectivity index (χ4n) is 21.8. The summed E-state index contributed by atoms with van der Waals surface area (Å²) in [5.41, 5.74) is -15.4. The summed E-state index contributed by atoms with van der Waals surface area (Å²) >= 11 is 2.27. The summed E-state index contributed by atoms with van der Waals surface area (Å²) in [6.07, 6.45) is 0. The second kappa shape index (κ2) is 33.6. The number of thiophene rings is 2. The second-order valence-corrected chi connectivity index (χ2v) is 40.8. The van der Waals surface area contributed by atoms with Crippen molar-refractivity contribution in [1.82, 2.24) is 0 Å². The first-order valence-corrected chi connectivity index (χ1v) is 48.0. The lowest BCUT2D eigenvalue weighted by Crippen LogP contribution is -2.65. The molecule has 0 spiro atoms. The molecule has 25 rings (SSSR count). The van der Waals surface area contributed by atoms with Crippen LogP contribution in [0.3, 0.4) is 0 Å². The molecule has 6 aliphatic rings. The average molecular weight is 2040 g/mol. The van der Waals surface area contributed by atoms with E-state index in [2.05, 4.69) is 0 Å². The van der Waals surface area contributed by atoms with Gasteiger partial charge in [0.15, 0.2) is 0 Å². The molecule has 0 unspecified atom stereocenters. The van der Waals surface area contributed by atoms with Gasteiger partial charge >= 0.3 is 0 Å². The number of hydrogen-bond acceptors (Lipinski definition) is 11. The number of rotatable bonds is 13. The van der Waals surface area contributed by atoms with Crippen LogP contribution < -0.4 is 91.6 Å². The van der Waals surface area contributed by atoms with Crippen molar-refractivity contribution in [2.24, 2.45) is 0 Å². The molecule has 0 fully saturated rings. The Morgan fingerprint density at radius 3 is 0.858 bits per heavy atom. The summed E-state index contributed by atoms with van der Waals surface area (Å²) in [6, 6.07) is 50.0. The van der Waals surface area contributed by atoms with Crippen LogP contribution in [0, 0.1) is 116 Å². The van der Waals surface area contributed by atoms with E-state index in [4.69, 9.17) is 9.47 Å². The van der Waals surface area contributed by atoms with Crippen LogP contribution in [0.1, 0.15) is 52.7 Å². The fraction of sp³-hybridized carbons (Fsp3) is 0.0702. The average Bonchev–Trinajstić information content (AvgIpc) is 1.13. The Kier molecular flexibility index (Phi) is 21.1. The number of fused-ring (bicyclic) bond motifs is 16. The van der Waals surface area contributed by atoms with Crippen molar-refractivity contribution in [3.63, 3.8) is 0 Å². The Morgan fingerprint density at radius 2 is 0.500 bits per heavy atom. The maximum atomic E-state index is 18.7. The van der Waals surface area contributed by atoms with E-state index in [1.54, 1.807) is 18.2 Å². The predicted octanol–water partition coefficient (Wildman–Crippen LogP) is 28.8. The van der Waals surface area contributed by atoms with Gasteiger partial charge in [0, 0.05) is 87.7 Å². The van der Waals surface area contributed by atoms with Crippen LogP contribution in [0.5, 0.6) is 23.0 Å². The Labute approximate surface area is 838 Å². The molecule has 34 heteroatoms. The molecular weight excluding hydrogens is 1980 g/mol. The summed E-state index contributed by atoms with van der Waals surface area (Å²) in [6.45, 7) is 6.97. The molecule has 0 amide bonds. The van der Waals surface area contributed by atoms with E-state index in [1.165, 1.54) is 41.7 Å². The van der Waals surface area contributed by atoms with Gasteiger partial charge in [0.25, 0.3) is 20.1 Å². The minimum absolute atomic E-state index is 0.00951. The molecule has 0 atom stereocenters. The Morgan fingerprint density at radius 1 is 0.230 bits per heavy atom. The number of halogens is 20. The van der Waals surface area contributed by atoms with Crippen molar-refractivity contribution in [3.8, 4) is 23.0 Å². The summed E-state index contributed by atoms with van der Waals surface area (Å²) in [4.78, 5) is 5.76. The zero-order valence-electron chi connectivity index (χ0n) is 77.6. The molecule has 0 N–H and O–H groups in total. The fourth-order valence-corrected chi connectivity index (χ4v) is 24.3. The van der Waals surface area contributed by atoms with E-state index in [9.17, 15) is 0 Å². The van der Waals surface area contributed by atoms with Crippen LogP contribution in [0.15, 0.2) is 279 Å². The lowest BCUT2D eigenvalue weighted by atomic mass is 9.30. The molecule has 17 aromatic carbocycles. The van der Waals surface area contributed by atoms with Gasteiger partial charge in [-0.05, 0) is 236 Å². The molecule has 728 valence electrons. The van der Waals surface area contributed by atoms with E-state index < -0.39 is 250 Å². The first-order chi connectivity index (χ1) is 71.0. The Hall–Kier alpha value is -16.3. The maximum Gasteiger partial charge on any atom is 0.268 e. The van der Waals surface area contributed by atoms with Gasteiger partial charge in [0.2, 0.25) is 0 Å². The standard InChI is InChI=1S/C114H64B3F20N7O2S2/c1-113(2,3)53-37-39-94-58(41-53)99-111(147-94)116-61-49-60-84(51-85(61)141(106-76(130)29-13-30-77(106)131)87-43-55(44-88(96(87)116)144(99)109-82(136)35-16-36-83(109)137)138(100-64(118)17-7-18-65(100)119)101-66(120)19-8-20-67(101)121)142(107-78(132)31-14-32-79(107)133)89-45-56(139(102-68(122)21-9-22-69(102)123)103-70(124)23-10-24-71(103)125)47-92-97(89)115(60)63-50-62-86(52-91(63)145-92)143(108-80(134)33-15-34-81(108)135)90-46-57(140(104-72(126)25-11-26-73(104)127)105-74(128)27-12-28-75(105)129)48-93-98(90)117(62)112-110(146-93)59-42-54(114(4,5)6)38-40-95(59)148-112/h7-52H,1-6H3. The molecule has 0 aliphatic carbocycles. The molecular formula is C114H64B3F20N7O2S2. The number of para-hydroxylation sites is 10. The molecule has 0 radical (unpaired) electrons. The molecule has 0 bridgehead atoms. The highest BCUT2D eigenvalue weighted by Gasteiger charge is 2.55. The lowest BCUT2D eigenvalue weighted by Gasteiger charge is -2.46. The molecule has 0 saturated heterocycles. The topological polar surface area (TPSA) is 41.1 Å². The molecule has 19 aromatic rings. The Bertz CT molecular complexity index is 8710. The Balaban J connectivity index is 0.854. The smallest absolute Gasteiger partial charge is 0.268 e. The highest BCUT2D eigenvalue weighted by molar-refractivity contribution is 7.34. The molecule has 0 saturated carbocycles. The second-order valence-electron chi connectivity index (χ2n) is 38.7. The number of nitrogens with zero attached hydrogens (tertiary/aromatic N) is 7. The largest absolute Gasteiger partial charge is 0.458 e. The molecule has 148 heavy (non-hydrogen) atoms. The van der Waals surface area contributed by atoms with Crippen LogP contribution in [0.25, 0.3) is 20.2 Å². The molecule has 8 heterocycles. The SMILES string of the molecule is CC(C)(C)c1ccc2sc3c(c2c1)Oc1cc(N(c2c(F)cccc2F)c2c(F)cccc2F)cc2c1B3c1cc3c(cc1N2c1c(F)cccc1F)Oc1cc(N(c2c(F)cccc2F)c2c(F)cccc2F)cc2c1B3c1cc3c(cc1N2c1c(F)cccc1F)N(c1c(F)cccc1F)c1cc(N(c2c(F)cccc2F)c2c(F)cccc2F)cc2c1B3c1sc3ccc(C(C)(C)C)cc3c1N2c1c(F)cccc1F. The monoisotopic (exact) mass is 2040 g/mol. The summed E-state index contributed by atoms with van der Waals surface area (Å²) in [5, 5.41) is 0.741. The third kappa shape index (κ3) is 13.8. The number of anilines is 21. The van der Waals surface area contributed by atoms with E-state index in [0.29, 0.717) is 39.8 Å². The summed E-state index contributed by atoms with van der Waals surface area (Å²) in [7, 11) is 0. The maximum absolute atomic E-state index is 18.7. The van der Waals surface area contributed by atoms with E-state index in [-0.39, 0.29) is 88.4 Å². The van der Waals surface area contributed by atoms with Gasteiger partial charge in [0.1, 0.15) is 196 Å². The van der Waals surface area contributed by atoms with Crippen LogP contribution in [0.4, 0.5) is 207 Å². The van der Waals surface area contributed by atoms with E-state index in [1.807, 2.05) is 65.8 Å². The highest BCUT2D eigenvalue weighted by atomic mass is 32.1. The van der Waals surface area contributed by atoms with Crippen LogP contribution in [-0.4, -0.2) is 20.1 Å². The normalized spacial score (nSPS) is 13.4. The number of hydrogen-bond donors (Lipinski definition) is 0. The zero-order valence-corrected chi connectivity index (χ0v) is 79.2. The third-order valence-corrected chi connectivity index (χ3v) is 30.6. The predicted molar refractivity (Wildman–Crippen MR) is 544 cm³/mol. The zero-order chi connectivity index (χ0) is 103. The van der Waals surface area contributed by atoms with Gasteiger partial charge in [-0.25, -0.2) is 87.8 Å². The van der Waals surface area contributed by atoms with Crippen LogP contribution in [0.2, 0.25) is 0 Å². The van der Waals surface area contributed by atoms with Gasteiger partial charge in [-0.15, -0.1) is 22.7 Å². The van der Waals surface area contributed by atoms with Crippen molar-refractivity contribution >= 4 is 230 Å². The van der Waals surface area contributed by atoms with Gasteiger partial charge < -0.3 is 29.1 Å².